The molecule has 0 radical (unpaired) electrons. The Hall–Kier alpha value is -8.34. The van der Waals surface area contributed by atoms with Gasteiger partial charge >= 0.3 is 0 Å². The fraction of sp³-hybridized carbons (Fsp3) is 0. The van der Waals surface area contributed by atoms with E-state index in [9.17, 15) is 0 Å². The molecule has 0 aliphatic heterocycles. The molecule has 0 aliphatic rings. The SMILES string of the molecule is c1cc(-c2cccc3c2oc2ccccc23)cc(N(c2ccc3ccccc3c2)c2ccc(-c3cccc(-n4c5ccccc5c5ccccc54)c3)c3oc4ccccc4c23)c1. The van der Waals surface area contributed by atoms with E-state index in [4.69, 9.17) is 8.83 Å². The van der Waals surface area contributed by atoms with Crippen LogP contribution in [-0.4, -0.2) is 4.57 Å². The molecule has 0 atom stereocenters. The third kappa shape index (κ3) is 5.27. The van der Waals surface area contributed by atoms with E-state index in [1.54, 1.807) is 0 Å². The van der Waals surface area contributed by atoms with Crippen molar-refractivity contribution in [3.8, 4) is 27.9 Å². The van der Waals surface area contributed by atoms with E-state index in [1.807, 2.05) is 12.1 Å². The van der Waals surface area contributed by atoms with E-state index < -0.39 is 0 Å². The maximum absolute atomic E-state index is 6.97. The molecule has 0 unspecified atom stereocenters. The van der Waals surface area contributed by atoms with Gasteiger partial charge in [0.15, 0.2) is 0 Å². The lowest BCUT2D eigenvalue weighted by Gasteiger charge is -2.27. The number of furan rings is 2. The molecule has 3 aromatic heterocycles. The lowest BCUT2D eigenvalue weighted by atomic mass is 9.98. The van der Waals surface area contributed by atoms with Crippen LogP contribution in [-0.2, 0) is 0 Å². The number of hydrogen-bond acceptors (Lipinski definition) is 3. The summed E-state index contributed by atoms with van der Waals surface area (Å²) in [5.74, 6) is 0. The van der Waals surface area contributed by atoms with Crippen molar-refractivity contribution in [1.82, 2.24) is 4.57 Å². The Kier molecular flexibility index (Phi) is 7.57. The molecule has 10 aromatic carbocycles. The first-order chi connectivity index (χ1) is 30.7. The van der Waals surface area contributed by atoms with Gasteiger partial charge < -0.3 is 18.3 Å². The van der Waals surface area contributed by atoms with Gasteiger partial charge in [0.2, 0.25) is 0 Å². The molecular weight excluding hydrogens is 757 g/mol. The fourth-order valence-corrected chi connectivity index (χ4v) is 9.77. The Morgan fingerprint density at radius 3 is 1.74 bits per heavy atom. The number of anilines is 3. The minimum atomic E-state index is 0.844. The Labute approximate surface area is 356 Å². The lowest BCUT2D eigenvalue weighted by molar-refractivity contribution is 0.669. The molecule has 0 saturated carbocycles. The first kappa shape index (κ1) is 34.5. The van der Waals surface area contributed by atoms with Crippen molar-refractivity contribution in [2.45, 2.75) is 0 Å². The van der Waals surface area contributed by atoms with Crippen LogP contribution in [0.3, 0.4) is 0 Å². The highest BCUT2D eigenvalue weighted by Crippen LogP contribution is 2.48. The maximum Gasteiger partial charge on any atom is 0.145 e. The molecule has 4 heteroatoms. The van der Waals surface area contributed by atoms with Gasteiger partial charge in [0.1, 0.15) is 22.3 Å². The number of aromatic nitrogens is 1. The first-order valence-electron chi connectivity index (χ1n) is 21.1. The number of para-hydroxylation sites is 5. The first-order valence-corrected chi connectivity index (χ1v) is 21.1. The van der Waals surface area contributed by atoms with Crippen LogP contribution < -0.4 is 4.90 Å². The summed E-state index contributed by atoms with van der Waals surface area (Å²) in [6.45, 7) is 0. The molecule has 0 amide bonds. The second-order valence-corrected chi connectivity index (χ2v) is 16.1. The van der Waals surface area contributed by atoms with Crippen molar-refractivity contribution in [3.63, 3.8) is 0 Å². The van der Waals surface area contributed by atoms with Gasteiger partial charge in [-0.15, -0.1) is 0 Å². The number of rotatable bonds is 6. The third-order valence-electron chi connectivity index (χ3n) is 12.6. The van der Waals surface area contributed by atoms with Crippen LogP contribution in [0.2, 0.25) is 0 Å². The van der Waals surface area contributed by atoms with Crippen LogP contribution in [0, 0.1) is 0 Å². The quantitative estimate of drug-likeness (QED) is 0.168. The Morgan fingerprint density at radius 2 is 0.935 bits per heavy atom. The van der Waals surface area contributed by atoms with E-state index in [0.717, 1.165) is 88.9 Å². The minimum absolute atomic E-state index is 0.844. The van der Waals surface area contributed by atoms with Crippen molar-refractivity contribution < 1.29 is 8.83 Å². The summed E-state index contributed by atoms with van der Waals surface area (Å²) in [5.41, 5.74) is 14.3. The summed E-state index contributed by atoms with van der Waals surface area (Å²) in [5, 5.41) is 9.19. The highest BCUT2D eigenvalue weighted by atomic mass is 16.3. The van der Waals surface area contributed by atoms with Crippen molar-refractivity contribution in [3.05, 3.63) is 218 Å². The predicted octanol–water partition coefficient (Wildman–Crippen LogP) is 16.5. The van der Waals surface area contributed by atoms with E-state index in [0.29, 0.717) is 0 Å². The summed E-state index contributed by atoms with van der Waals surface area (Å²) in [7, 11) is 0. The maximum atomic E-state index is 6.97. The molecule has 3 heterocycles. The number of fused-ring (bicyclic) bond motifs is 10. The molecule has 0 N–H and O–H groups in total. The van der Waals surface area contributed by atoms with Gasteiger partial charge in [0.25, 0.3) is 0 Å². The highest BCUT2D eigenvalue weighted by molar-refractivity contribution is 6.18. The molecule has 290 valence electrons. The highest BCUT2D eigenvalue weighted by Gasteiger charge is 2.24. The minimum Gasteiger partial charge on any atom is -0.455 e. The summed E-state index contributed by atoms with van der Waals surface area (Å²) in [6.07, 6.45) is 0. The van der Waals surface area contributed by atoms with Crippen molar-refractivity contribution in [2.24, 2.45) is 0 Å². The molecule has 0 spiro atoms. The van der Waals surface area contributed by atoms with Gasteiger partial charge in [0, 0.05) is 55.1 Å². The van der Waals surface area contributed by atoms with Crippen molar-refractivity contribution in [1.29, 1.82) is 0 Å². The molecule has 0 fully saturated rings. The largest absolute Gasteiger partial charge is 0.455 e. The van der Waals surface area contributed by atoms with Crippen LogP contribution in [0.4, 0.5) is 17.1 Å². The number of nitrogens with zero attached hydrogens (tertiary/aromatic N) is 2. The standard InChI is InChI=1S/C58H36N2O2/c1-2-15-38-34-43(31-30-37(38)14-1)59(41-18-11-16-39(35-41)44-24-13-25-49-48-22-5-9-28-54(48)61-57(44)49)53-33-32-45(58-56(53)50-23-6-10-29-55(50)62-58)40-17-12-19-42(36-40)60-51-26-7-3-20-46(51)47-21-4-8-27-52(47)60/h1-36H. The van der Waals surface area contributed by atoms with Crippen molar-refractivity contribution >= 4 is 93.5 Å². The monoisotopic (exact) mass is 792 g/mol. The zero-order valence-electron chi connectivity index (χ0n) is 33.5. The van der Waals surface area contributed by atoms with Crippen LogP contribution in [0.1, 0.15) is 0 Å². The lowest BCUT2D eigenvalue weighted by Crippen LogP contribution is -2.10. The molecule has 0 aliphatic carbocycles. The molecule has 13 aromatic rings. The zero-order chi connectivity index (χ0) is 40.7. The van der Waals surface area contributed by atoms with Crippen molar-refractivity contribution in [2.75, 3.05) is 4.90 Å². The molecule has 13 rings (SSSR count). The molecule has 0 saturated heterocycles. The van der Waals surface area contributed by atoms with Crippen LogP contribution >= 0.6 is 0 Å². The van der Waals surface area contributed by atoms with E-state index in [-0.39, 0.29) is 0 Å². The normalized spacial score (nSPS) is 11.9. The fourth-order valence-electron chi connectivity index (χ4n) is 9.77. The van der Waals surface area contributed by atoms with Gasteiger partial charge in [-0.1, -0.05) is 146 Å². The smallest absolute Gasteiger partial charge is 0.145 e. The molecular formula is C58H36N2O2. The topological polar surface area (TPSA) is 34.5 Å². The Balaban J connectivity index is 1.04. The Bertz CT molecular complexity index is 3850. The number of hydrogen-bond donors (Lipinski definition) is 0. The van der Waals surface area contributed by atoms with E-state index in [1.165, 1.54) is 32.6 Å². The van der Waals surface area contributed by atoms with Crippen LogP contribution in [0.15, 0.2) is 227 Å². The summed E-state index contributed by atoms with van der Waals surface area (Å²) in [4.78, 5) is 2.39. The second-order valence-electron chi connectivity index (χ2n) is 16.1. The Morgan fingerprint density at radius 1 is 0.355 bits per heavy atom. The summed E-state index contributed by atoms with van der Waals surface area (Å²) < 4.78 is 15.9. The van der Waals surface area contributed by atoms with E-state index in [2.05, 4.69) is 216 Å². The van der Waals surface area contributed by atoms with Gasteiger partial charge in [-0.05, 0) is 94.7 Å². The van der Waals surface area contributed by atoms with Gasteiger partial charge in [-0.25, -0.2) is 0 Å². The zero-order valence-corrected chi connectivity index (χ0v) is 33.5. The predicted molar refractivity (Wildman–Crippen MR) is 258 cm³/mol. The molecule has 62 heavy (non-hydrogen) atoms. The summed E-state index contributed by atoms with van der Waals surface area (Å²) in [6, 6.07) is 77.9. The molecule has 4 nitrogen and oxygen atoms in total. The van der Waals surface area contributed by atoms with Crippen LogP contribution in [0.5, 0.6) is 0 Å². The third-order valence-corrected chi connectivity index (χ3v) is 12.6. The molecule has 0 bridgehead atoms. The number of benzene rings is 10. The average Bonchev–Trinajstić information content (AvgIpc) is 4.02. The average molecular weight is 793 g/mol. The van der Waals surface area contributed by atoms with Gasteiger partial charge in [0.05, 0.1) is 22.1 Å². The van der Waals surface area contributed by atoms with Gasteiger partial charge in [-0.2, -0.15) is 0 Å². The van der Waals surface area contributed by atoms with Crippen LogP contribution in [0.25, 0.3) is 104 Å². The second kappa shape index (κ2) is 13.6. The summed E-state index contributed by atoms with van der Waals surface area (Å²) >= 11 is 0. The van der Waals surface area contributed by atoms with Gasteiger partial charge in [-0.3, -0.25) is 0 Å². The van der Waals surface area contributed by atoms with E-state index >= 15 is 0 Å².